The van der Waals surface area contributed by atoms with Crippen LogP contribution in [0, 0.1) is 0 Å². The van der Waals surface area contributed by atoms with Crippen LogP contribution in [0.1, 0.15) is 33.1 Å². The number of nitrogens with zero attached hydrogens (tertiary/aromatic N) is 2. The Balaban J connectivity index is 1.95. The zero-order valence-electron chi connectivity index (χ0n) is 11.4. The number of likely N-dealkylation sites (tertiary alicyclic amines) is 2. The van der Waals surface area contributed by atoms with Gasteiger partial charge in [0.25, 0.3) is 0 Å². The molecule has 2 aliphatic rings. The van der Waals surface area contributed by atoms with Crippen LogP contribution in [0.2, 0.25) is 0 Å². The Hall–Kier alpha value is -0.690. The van der Waals surface area contributed by atoms with Gasteiger partial charge in [-0.3, -0.25) is 4.79 Å². The summed E-state index contributed by atoms with van der Waals surface area (Å²) in [6.07, 6.45) is 1.47. The summed E-state index contributed by atoms with van der Waals surface area (Å²) in [4.78, 5) is 15.7. The maximum absolute atomic E-state index is 13.0. The highest BCUT2D eigenvalue weighted by Gasteiger charge is 2.41. The molecule has 0 aromatic heterocycles. The Bertz CT molecular complexity index is 444. The molecule has 0 aromatic rings. The summed E-state index contributed by atoms with van der Waals surface area (Å²) in [5.74, 6) is -0.228. The molecule has 1 unspecified atom stereocenters. The highest BCUT2D eigenvalue weighted by molar-refractivity contribution is 7.87. The molecule has 5 nitrogen and oxygen atoms in total. The minimum absolute atomic E-state index is 0.0179. The second-order valence-electron chi connectivity index (χ2n) is 5.71. The summed E-state index contributed by atoms with van der Waals surface area (Å²) in [6.45, 7) is 6.09. The second-order valence-corrected chi connectivity index (χ2v) is 7.33. The average molecular weight is 292 g/mol. The summed E-state index contributed by atoms with van der Waals surface area (Å²) in [6, 6.07) is 0.545. The van der Waals surface area contributed by atoms with Crippen LogP contribution in [0.25, 0.3) is 0 Å². The summed E-state index contributed by atoms with van der Waals surface area (Å²) in [5.41, 5.74) is 0. The van der Waals surface area contributed by atoms with Crippen molar-refractivity contribution in [1.29, 1.82) is 0 Å². The van der Waals surface area contributed by atoms with Crippen LogP contribution in [-0.4, -0.2) is 61.1 Å². The minimum atomic E-state index is -4.60. The fourth-order valence-electron chi connectivity index (χ4n) is 2.95. The maximum atomic E-state index is 13.0. The van der Waals surface area contributed by atoms with Crippen LogP contribution >= 0.6 is 0 Å². The van der Waals surface area contributed by atoms with Crippen molar-refractivity contribution in [2.24, 2.45) is 0 Å². The van der Waals surface area contributed by atoms with Crippen LogP contribution in [0.5, 0.6) is 0 Å². The van der Waals surface area contributed by atoms with Gasteiger partial charge >= 0.3 is 10.2 Å². The first-order valence-corrected chi connectivity index (χ1v) is 8.20. The molecule has 7 heteroatoms. The molecule has 0 aromatic carbocycles. The Morgan fingerprint density at radius 3 is 2.26 bits per heavy atom. The molecule has 0 aliphatic carbocycles. The van der Waals surface area contributed by atoms with Gasteiger partial charge < -0.3 is 9.80 Å². The molecule has 1 amide bonds. The molecule has 110 valence electrons. The molecule has 19 heavy (non-hydrogen) atoms. The highest BCUT2D eigenvalue weighted by atomic mass is 32.3. The first-order valence-electron chi connectivity index (χ1n) is 6.76. The average Bonchev–Trinajstić information content (AvgIpc) is 2.71. The lowest BCUT2D eigenvalue weighted by molar-refractivity contribution is -0.130. The topological polar surface area (TPSA) is 57.7 Å². The highest BCUT2D eigenvalue weighted by Crippen LogP contribution is 2.26. The lowest BCUT2D eigenvalue weighted by atomic mass is 10.0. The molecular weight excluding hydrogens is 271 g/mol. The fraction of sp³-hybridized carbons (Fsp3) is 0.917. The molecule has 2 heterocycles. The van der Waals surface area contributed by atoms with E-state index in [1.54, 1.807) is 4.90 Å². The molecule has 0 bridgehead atoms. The standard InChI is InChI=1S/C12H21FN2O3S/c1-9(2)14-5-3-10(4-6-14)15-8-11(7-12(15)16)19(13,17)18/h9-11H,3-8H2,1-2H3. The zero-order valence-corrected chi connectivity index (χ0v) is 12.2. The van der Waals surface area contributed by atoms with Gasteiger partial charge in [0.05, 0.1) is 0 Å². The SMILES string of the molecule is CC(C)N1CCC(N2CC(S(=O)(=O)F)CC2=O)CC1. The number of hydrogen-bond donors (Lipinski definition) is 0. The number of hydrogen-bond acceptors (Lipinski definition) is 4. The van der Waals surface area contributed by atoms with E-state index in [1.165, 1.54) is 0 Å². The predicted molar refractivity (Wildman–Crippen MR) is 69.9 cm³/mol. The molecular formula is C12H21FN2O3S. The van der Waals surface area contributed by atoms with Crippen molar-refractivity contribution in [3.05, 3.63) is 0 Å². The number of carbonyl (C=O) groups excluding carboxylic acids is 1. The molecule has 2 aliphatic heterocycles. The van der Waals surface area contributed by atoms with Gasteiger partial charge in [-0.2, -0.15) is 8.42 Å². The van der Waals surface area contributed by atoms with Gasteiger partial charge in [0, 0.05) is 38.1 Å². The van der Waals surface area contributed by atoms with Gasteiger partial charge in [0.15, 0.2) is 0 Å². The Morgan fingerprint density at radius 2 is 1.84 bits per heavy atom. The van der Waals surface area contributed by atoms with Crippen molar-refractivity contribution >= 4 is 16.1 Å². The summed E-state index contributed by atoms with van der Waals surface area (Å²) < 4.78 is 34.8. The largest absolute Gasteiger partial charge is 0.338 e. The van der Waals surface area contributed by atoms with Crippen LogP contribution in [0.15, 0.2) is 0 Å². The molecule has 0 radical (unpaired) electrons. The van der Waals surface area contributed by atoms with Gasteiger partial charge in [-0.25, -0.2) is 0 Å². The van der Waals surface area contributed by atoms with Gasteiger partial charge in [-0.15, -0.1) is 3.89 Å². The van der Waals surface area contributed by atoms with E-state index in [0.29, 0.717) is 6.04 Å². The molecule has 1 atom stereocenters. The van der Waals surface area contributed by atoms with Crippen LogP contribution in [0.4, 0.5) is 3.89 Å². The molecule has 2 rings (SSSR count). The van der Waals surface area contributed by atoms with Crippen molar-refractivity contribution < 1.29 is 17.1 Å². The number of piperidine rings is 1. The molecule has 0 spiro atoms. The number of halogens is 1. The number of carbonyl (C=O) groups is 1. The van der Waals surface area contributed by atoms with Crippen molar-refractivity contribution in [2.45, 2.75) is 50.4 Å². The van der Waals surface area contributed by atoms with Crippen LogP contribution in [0.3, 0.4) is 0 Å². The summed E-state index contributed by atoms with van der Waals surface area (Å²) >= 11 is 0. The molecule has 0 saturated carbocycles. The fourth-order valence-corrected chi connectivity index (χ4v) is 3.63. The van der Waals surface area contributed by atoms with Gasteiger partial charge in [0.1, 0.15) is 5.25 Å². The number of amides is 1. The Labute approximate surface area is 114 Å². The third-order valence-electron chi connectivity index (χ3n) is 4.19. The van der Waals surface area contributed by atoms with Gasteiger partial charge in [-0.1, -0.05) is 0 Å². The monoisotopic (exact) mass is 292 g/mol. The minimum Gasteiger partial charge on any atom is -0.338 e. The van der Waals surface area contributed by atoms with E-state index in [1.807, 2.05) is 0 Å². The van der Waals surface area contributed by atoms with E-state index in [0.717, 1.165) is 25.9 Å². The first kappa shape index (κ1) is 14.7. The predicted octanol–water partition coefficient (Wildman–Crippen LogP) is 0.759. The molecule has 2 saturated heterocycles. The van der Waals surface area contributed by atoms with Crippen molar-refractivity contribution in [2.75, 3.05) is 19.6 Å². The third-order valence-corrected chi connectivity index (χ3v) is 5.30. The van der Waals surface area contributed by atoms with E-state index >= 15 is 0 Å². The van der Waals surface area contributed by atoms with E-state index in [9.17, 15) is 17.1 Å². The zero-order chi connectivity index (χ0) is 14.2. The maximum Gasteiger partial charge on any atom is 0.307 e. The van der Waals surface area contributed by atoms with E-state index < -0.39 is 15.5 Å². The van der Waals surface area contributed by atoms with Gasteiger partial charge in [-0.05, 0) is 26.7 Å². The second kappa shape index (κ2) is 5.36. The third kappa shape index (κ3) is 3.25. The van der Waals surface area contributed by atoms with E-state index in [4.69, 9.17) is 0 Å². The summed E-state index contributed by atoms with van der Waals surface area (Å²) in [7, 11) is -4.60. The Morgan fingerprint density at radius 1 is 1.26 bits per heavy atom. The molecule has 0 N–H and O–H groups in total. The number of rotatable bonds is 3. The van der Waals surface area contributed by atoms with E-state index in [-0.39, 0.29) is 24.9 Å². The normalized spacial score (nSPS) is 27.5. The van der Waals surface area contributed by atoms with Crippen molar-refractivity contribution in [3.8, 4) is 0 Å². The van der Waals surface area contributed by atoms with Crippen LogP contribution in [-0.2, 0) is 15.0 Å². The smallest absolute Gasteiger partial charge is 0.307 e. The van der Waals surface area contributed by atoms with Gasteiger partial charge in [0.2, 0.25) is 5.91 Å². The molecule has 2 fully saturated rings. The van der Waals surface area contributed by atoms with Crippen molar-refractivity contribution in [3.63, 3.8) is 0 Å². The lowest BCUT2D eigenvalue weighted by Gasteiger charge is -2.38. The first-order chi connectivity index (χ1) is 8.79. The summed E-state index contributed by atoms with van der Waals surface area (Å²) in [5, 5.41) is -1.16. The Kier molecular flexibility index (Phi) is 4.15. The quantitative estimate of drug-likeness (QED) is 0.721. The van der Waals surface area contributed by atoms with Crippen molar-refractivity contribution in [1.82, 2.24) is 9.80 Å². The van der Waals surface area contributed by atoms with E-state index in [2.05, 4.69) is 18.7 Å². The van der Waals surface area contributed by atoms with Crippen LogP contribution < -0.4 is 0 Å². The lowest BCUT2D eigenvalue weighted by Crippen LogP contribution is -2.47.